The molecule has 3 heterocycles. The quantitative estimate of drug-likeness (QED) is 0.801. The smallest absolute Gasteiger partial charge is 0.311 e. The number of nitrogens with zero attached hydrogens (tertiary/aromatic N) is 4. The van der Waals surface area contributed by atoms with Gasteiger partial charge in [-0.25, -0.2) is 9.38 Å². The van der Waals surface area contributed by atoms with Gasteiger partial charge in [-0.1, -0.05) is 0 Å². The minimum atomic E-state index is -3.57. The summed E-state index contributed by atoms with van der Waals surface area (Å²) in [4.78, 5) is 23.7. The average Bonchev–Trinajstić information content (AvgIpc) is 2.66. The van der Waals surface area contributed by atoms with Gasteiger partial charge in [0.15, 0.2) is 17.9 Å². The second kappa shape index (κ2) is 6.92. The molecule has 0 amide bonds. The van der Waals surface area contributed by atoms with Crippen LogP contribution in [0.3, 0.4) is 0 Å². The first kappa shape index (κ1) is 19.3. The third-order valence-corrected chi connectivity index (χ3v) is 4.33. The minimum Gasteiger partial charge on any atom is -0.459 e. The van der Waals surface area contributed by atoms with Gasteiger partial charge in [0.2, 0.25) is 0 Å². The molecule has 0 aromatic carbocycles. The fraction of sp³-hybridized carbons (Fsp3) is 0.278. The number of aromatic nitrogens is 2. The molecule has 0 saturated carbocycles. The number of ether oxygens (including phenoxy) is 1. The molecule has 1 atom stereocenters. The van der Waals surface area contributed by atoms with E-state index in [2.05, 4.69) is 19.7 Å². The van der Waals surface area contributed by atoms with Crippen molar-refractivity contribution < 1.29 is 22.7 Å². The van der Waals surface area contributed by atoms with Gasteiger partial charge in [0.25, 0.3) is 6.02 Å². The van der Waals surface area contributed by atoms with E-state index in [1.807, 2.05) is 6.07 Å². The molecule has 1 aliphatic heterocycles. The first-order valence-electron chi connectivity index (χ1n) is 8.07. The van der Waals surface area contributed by atoms with Crippen LogP contribution in [0, 0.1) is 17.1 Å². The lowest BCUT2D eigenvalue weighted by Gasteiger charge is -2.36. The summed E-state index contributed by atoms with van der Waals surface area (Å²) in [7, 11) is 0. The maximum absolute atomic E-state index is 14.4. The van der Waals surface area contributed by atoms with E-state index >= 15 is 0 Å². The predicted molar refractivity (Wildman–Crippen MR) is 91.1 cm³/mol. The number of aliphatic imine (C=N–C) groups is 1. The average molecular weight is 389 g/mol. The van der Waals surface area contributed by atoms with E-state index < -0.39 is 41.4 Å². The molecule has 2 N–H and O–H groups in total. The highest BCUT2D eigenvalue weighted by Crippen LogP contribution is 2.43. The van der Waals surface area contributed by atoms with Crippen LogP contribution in [-0.4, -0.2) is 34.3 Å². The van der Waals surface area contributed by atoms with Crippen molar-refractivity contribution in [2.24, 2.45) is 10.7 Å². The Morgan fingerprint density at radius 2 is 2.11 bits per heavy atom. The standard InChI is InChI=1S/C18H14F3N5O2/c1-17(18(20,21)9-28-16(23)26-17)15-12(19)4-3-11(25-15)6-14(27)13-5-2-10(7-22)8-24-13/h2-5,8H,6,9H2,1H3,(H2,23,26)/t17-/m1/s1. The first-order valence-corrected chi connectivity index (χ1v) is 8.07. The number of Topliss-reactive ketones (excluding diaryl/α,β-unsaturated/α-hetero) is 1. The maximum Gasteiger partial charge on any atom is 0.311 e. The molecule has 0 unspecified atom stereocenters. The molecular formula is C18H14F3N5O2. The van der Waals surface area contributed by atoms with E-state index in [4.69, 9.17) is 11.0 Å². The molecule has 144 valence electrons. The Morgan fingerprint density at radius 3 is 2.75 bits per heavy atom. The van der Waals surface area contributed by atoms with Crippen LogP contribution in [0.1, 0.15) is 34.4 Å². The molecule has 0 bridgehead atoms. The molecule has 0 spiro atoms. The van der Waals surface area contributed by atoms with Crippen LogP contribution in [0.4, 0.5) is 13.2 Å². The van der Waals surface area contributed by atoms with Crippen LogP contribution in [0.5, 0.6) is 0 Å². The highest BCUT2D eigenvalue weighted by molar-refractivity contribution is 5.95. The molecule has 3 rings (SSSR count). The Hall–Kier alpha value is -3.48. The zero-order valence-electron chi connectivity index (χ0n) is 14.6. The van der Waals surface area contributed by atoms with Crippen molar-refractivity contribution in [2.45, 2.75) is 24.8 Å². The van der Waals surface area contributed by atoms with E-state index in [-0.39, 0.29) is 23.4 Å². The number of rotatable bonds is 4. The topological polar surface area (TPSA) is 114 Å². The van der Waals surface area contributed by atoms with Crippen molar-refractivity contribution >= 4 is 11.8 Å². The number of hydrogen-bond acceptors (Lipinski definition) is 7. The molecule has 0 fully saturated rings. The lowest BCUT2D eigenvalue weighted by Crippen LogP contribution is -2.51. The van der Waals surface area contributed by atoms with Crippen molar-refractivity contribution in [3.63, 3.8) is 0 Å². The van der Waals surface area contributed by atoms with Gasteiger partial charge in [-0.3, -0.25) is 14.8 Å². The molecule has 0 radical (unpaired) electrons. The number of amidine groups is 1. The number of halogens is 3. The van der Waals surface area contributed by atoms with Gasteiger partial charge in [-0.2, -0.15) is 14.0 Å². The lowest BCUT2D eigenvalue weighted by molar-refractivity contribution is -0.118. The largest absolute Gasteiger partial charge is 0.459 e. The van der Waals surface area contributed by atoms with Crippen LogP contribution in [0.2, 0.25) is 0 Å². The molecule has 28 heavy (non-hydrogen) atoms. The van der Waals surface area contributed by atoms with Crippen LogP contribution in [0.15, 0.2) is 35.5 Å². The highest BCUT2D eigenvalue weighted by atomic mass is 19.3. The third kappa shape index (κ3) is 3.38. The number of nitrogens with two attached hydrogens (primary N) is 1. The van der Waals surface area contributed by atoms with E-state index in [0.29, 0.717) is 0 Å². The van der Waals surface area contributed by atoms with E-state index in [9.17, 15) is 18.0 Å². The van der Waals surface area contributed by atoms with Gasteiger partial charge in [-0.15, -0.1) is 0 Å². The minimum absolute atomic E-state index is 0.0600. The third-order valence-electron chi connectivity index (χ3n) is 4.33. The summed E-state index contributed by atoms with van der Waals surface area (Å²) < 4.78 is 47.8. The first-order chi connectivity index (χ1) is 13.2. The van der Waals surface area contributed by atoms with Crippen LogP contribution < -0.4 is 5.73 Å². The number of carbonyl (C=O) groups is 1. The van der Waals surface area contributed by atoms with Gasteiger partial charge >= 0.3 is 5.92 Å². The number of pyridine rings is 2. The van der Waals surface area contributed by atoms with Crippen molar-refractivity contribution in [2.75, 3.05) is 6.61 Å². The van der Waals surface area contributed by atoms with Crippen molar-refractivity contribution in [3.8, 4) is 6.07 Å². The Balaban J connectivity index is 1.94. The van der Waals surface area contributed by atoms with E-state index in [1.165, 1.54) is 24.4 Å². The number of ketones is 1. The van der Waals surface area contributed by atoms with Gasteiger partial charge in [0.05, 0.1) is 12.0 Å². The van der Waals surface area contributed by atoms with Gasteiger partial charge in [0.1, 0.15) is 23.3 Å². The fourth-order valence-corrected chi connectivity index (χ4v) is 2.67. The molecule has 0 aliphatic carbocycles. The van der Waals surface area contributed by atoms with Gasteiger partial charge < -0.3 is 10.5 Å². The Bertz CT molecular complexity index is 1000. The summed E-state index contributed by atoms with van der Waals surface area (Å²) in [5.74, 6) is -5.05. The zero-order valence-corrected chi connectivity index (χ0v) is 14.6. The molecule has 2 aromatic rings. The summed E-state index contributed by atoms with van der Waals surface area (Å²) in [5, 5.41) is 8.76. The summed E-state index contributed by atoms with van der Waals surface area (Å²) in [6.07, 6.45) is 0.932. The van der Waals surface area contributed by atoms with Crippen molar-refractivity contribution in [1.29, 1.82) is 5.26 Å². The van der Waals surface area contributed by atoms with Gasteiger partial charge in [-0.05, 0) is 31.2 Å². The van der Waals surface area contributed by atoms with Crippen molar-refractivity contribution in [3.05, 3.63) is 58.9 Å². The second-order valence-corrected chi connectivity index (χ2v) is 6.29. The monoisotopic (exact) mass is 389 g/mol. The van der Waals surface area contributed by atoms with Gasteiger partial charge in [0, 0.05) is 11.9 Å². The highest BCUT2D eigenvalue weighted by Gasteiger charge is 2.57. The Kier molecular flexibility index (Phi) is 4.77. The Morgan fingerprint density at radius 1 is 1.36 bits per heavy atom. The second-order valence-electron chi connectivity index (χ2n) is 6.29. The molecule has 10 heteroatoms. The molecule has 7 nitrogen and oxygen atoms in total. The maximum atomic E-state index is 14.4. The molecule has 1 aliphatic rings. The Labute approximate surface area is 157 Å². The summed E-state index contributed by atoms with van der Waals surface area (Å²) in [6, 6.07) is 6.32. The SMILES string of the molecule is C[C@]1(c2nc(CC(=O)c3ccc(C#N)cn3)ccc2F)N=C(N)OCC1(F)F. The molecule has 0 saturated heterocycles. The fourth-order valence-electron chi connectivity index (χ4n) is 2.67. The zero-order chi connectivity index (χ0) is 20.5. The van der Waals surface area contributed by atoms with Crippen LogP contribution in [-0.2, 0) is 16.7 Å². The lowest BCUT2D eigenvalue weighted by atomic mass is 9.88. The molecular weight excluding hydrogens is 375 g/mol. The summed E-state index contributed by atoms with van der Waals surface area (Å²) in [6.45, 7) is -0.0696. The number of carbonyl (C=O) groups excluding carboxylic acids is 1. The summed E-state index contributed by atoms with van der Waals surface area (Å²) >= 11 is 0. The number of nitriles is 1. The van der Waals surface area contributed by atoms with Crippen LogP contribution in [0.25, 0.3) is 0 Å². The van der Waals surface area contributed by atoms with E-state index in [1.54, 1.807) is 0 Å². The van der Waals surface area contributed by atoms with Crippen molar-refractivity contribution in [1.82, 2.24) is 9.97 Å². The normalized spacial score (nSPS) is 20.6. The molecule has 2 aromatic heterocycles. The summed E-state index contributed by atoms with van der Waals surface area (Å²) in [5.41, 5.74) is 2.78. The number of hydrogen-bond donors (Lipinski definition) is 1. The predicted octanol–water partition coefficient (Wildman–Crippen LogP) is 2.11. The number of alkyl halides is 2. The van der Waals surface area contributed by atoms with Crippen LogP contribution >= 0.6 is 0 Å². The van der Waals surface area contributed by atoms with E-state index in [0.717, 1.165) is 13.0 Å².